The van der Waals surface area contributed by atoms with E-state index in [0.717, 1.165) is 24.5 Å². The zero-order valence-corrected chi connectivity index (χ0v) is 17.9. The lowest BCUT2D eigenvalue weighted by Crippen LogP contribution is -2.36. The number of amides is 2. The van der Waals surface area contributed by atoms with E-state index in [9.17, 15) is 14.0 Å². The van der Waals surface area contributed by atoms with Gasteiger partial charge in [-0.05, 0) is 62.2 Å². The third-order valence-corrected chi connectivity index (χ3v) is 5.45. The molecular formula is C24H26FN5O2. The summed E-state index contributed by atoms with van der Waals surface area (Å²) >= 11 is 0. The molecule has 166 valence electrons. The molecule has 3 aromatic rings. The first-order chi connectivity index (χ1) is 15.5. The molecule has 2 heterocycles. The van der Waals surface area contributed by atoms with Crippen LogP contribution < -0.4 is 15.5 Å². The largest absolute Gasteiger partial charge is 0.371 e. The van der Waals surface area contributed by atoms with E-state index >= 15 is 0 Å². The zero-order valence-electron chi connectivity index (χ0n) is 17.9. The van der Waals surface area contributed by atoms with Crippen molar-refractivity contribution in [3.05, 3.63) is 72.6 Å². The summed E-state index contributed by atoms with van der Waals surface area (Å²) in [5, 5.41) is 5.75. The first-order valence-electron chi connectivity index (χ1n) is 10.7. The van der Waals surface area contributed by atoms with Gasteiger partial charge in [0.25, 0.3) is 5.91 Å². The zero-order chi connectivity index (χ0) is 22.5. The van der Waals surface area contributed by atoms with E-state index in [-0.39, 0.29) is 30.1 Å². The summed E-state index contributed by atoms with van der Waals surface area (Å²) < 4.78 is 14.8. The highest BCUT2D eigenvalue weighted by molar-refractivity contribution is 5.95. The van der Waals surface area contributed by atoms with Crippen molar-refractivity contribution in [2.24, 2.45) is 0 Å². The third-order valence-electron chi connectivity index (χ3n) is 5.45. The van der Waals surface area contributed by atoms with Crippen LogP contribution in [0.15, 0.2) is 61.1 Å². The van der Waals surface area contributed by atoms with Crippen molar-refractivity contribution in [2.45, 2.75) is 32.2 Å². The highest BCUT2D eigenvalue weighted by Crippen LogP contribution is 2.23. The molecule has 1 aromatic heterocycles. The lowest BCUT2D eigenvalue weighted by Gasteiger charge is -2.19. The minimum Gasteiger partial charge on any atom is -0.371 e. The quantitative estimate of drug-likeness (QED) is 0.592. The first-order valence-corrected chi connectivity index (χ1v) is 10.7. The van der Waals surface area contributed by atoms with E-state index in [4.69, 9.17) is 0 Å². The highest BCUT2D eigenvalue weighted by atomic mass is 19.1. The van der Waals surface area contributed by atoms with Crippen molar-refractivity contribution in [3.63, 3.8) is 0 Å². The number of hydrogen-bond donors (Lipinski definition) is 2. The van der Waals surface area contributed by atoms with Gasteiger partial charge in [0.2, 0.25) is 5.91 Å². The fourth-order valence-electron chi connectivity index (χ4n) is 3.87. The summed E-state index contributed by atoms with van der Waals surface area (Å²) in [6.45, 7) is 3.85. The lowest BCUT2D eigenvalue weighted by atomic mass is 10.2. The molecule has 8 heteroatoms. The van der Waals surface area contributed by atoms with Crippen LogP contribution in [0, 0.1) is 5.82 Å². The Kier molecular flexibility index (Phi) is 6.49. The predicted octanol–water partition coefficient (Wildman–Crippen LogP) is 3.76. The summed E-state index contributed by atoms with van der Waals surface area (Å²) in [4.78, 5) is 31.6. The van der Waals surface area contributed by atoms with Crippen molar-refractivity contribution in [1.29, 1.82) is 0 Å². The molecule has 1 aliphatic rings. The molecule has 0 saturated carbocycles. The molecule has 1 saturated heterocycles. The van der Waals surface area contributed by atoms with Crippen LogP contribution in [0.25, 0.3) is 5.69 Å². The number of halogens is 1. The van der Waals surface area contributed by atoms with Gasteiger partial charge in [-0.15, -0.1) is 0 Å². The molecule has 1 unspecified atom stereocenters. The van der Waals surface area contributed by atoms with E-state index in [2.05, 4.69) is 20.5 Å². The number of carbonyl (C=O) groups excluding carboxylic acids is 2. The number of nitrogens with one attached hydrogen (secondary N) is 2. The van der Waals surface area contributed by atoms with Crippen LogP contribution in [0.3, 0.4) is 0 Å². The van der Waals surface area contributed by atoms with Crippen LogP contribution in [0.5, 0.6) is 0 Å². The second kappa shape index (κ2) is 9.64. The summed E-state index contributed by atoms with van der Waals surface area (Å²) in [5.74, 6) is -0.892. The number of carbonyl (C=O) groups is 2. The molecule has 0 aliphatic carbocycles. The Morgan fingerprint density at radius 3 is 2.59 bits per heavy atom. The Hall–Kier alpha value is -3.68. The lowest BCUT2D eigenvalue weighted by molar-refractivity contribution is -0.116. The molecule has 2 amide bonds. The number of imidazole rings is 1. The van der Waals surface area contributed by atoms with Crippen LogP contribution in [-0.4, -0.2) is 40.5 Å². The van der Waals surface area contributed by atoms with E-state index < -0.39 is 0 Å². The number of anilines is 2. The van der Waals surface area contributed by atoms with Crippen molar-refractivity contribution in [3.8, 4) is 5.69 Å². The molecule has 32 heavy (non-hydrogen) atoms. The van der Waals surface area contributed by atoms with Gasteiger partial charge in [-0.25, -0.2) is 9.37 Å². The molecule has 0 bridgehead atoms. The van der Waals surface area contributed by atoms with Gasteiger partial charge in [0, 0.05) is 42.6 Å². The standard InChI is InChI=1S/C24H26FN5O2/c1-17(13-23(31)28-19-5-4-6-21(14-19)29-11-2-3-12-29)27-24(32)22-15-26-16-30(22)20-9-7-18(25)8-10-20/h4-10,14-17H,2-3,11-13H2,1H3,(H,27,32)(H,28,31). The van der Waals surface area contributed by atoms with Crippen molar-refractivity contribution < 1.29 is 14.0 Å². The molecule has 2 N–H and O–H groups in total. The maximum absolute atomic E-state index is 13.2. The Bertz CT molecular complexity index is 1090. The number of hydrogen-bond acceptors (Lipinski definition) is 4. The fraction of sp³-hybridized carbons (Fsp3) is 0.292. The smallest absolute Gasteiger partial charge is 0.270 e. The van der Waals surface area contributed by atoms with Gasteiger partial charge in [0.05, 0.1) is 12.5 Å². The molecule has 1 aliphatic heterocycles. The van der Waals surface area contributed by atoms with Crippen LogP contribution in [0.1, 0.15) is 36.7 Å². The SMILES string of the molecule is CC(CC(=O)Nc1cccc(N2CCCC2)c1)NC(=O)c1cncn1-c1ccc(F)cc1. The van der Waals surface area contributed by atoms with Gasteiger partial charge in [-0.1, -0.05) is 6.07 Å². The van der Waals surface area contributed by atoms with E-state index in [0.29, 0.717) is 11.4 Å². The number of aromatic nitrogens is 2. The summed E-state index contributed by atoms with van der Waals surface area (Å²) in [6, 6.07) is 13.2. The second-order valence-corrected chi connectivity index (χ2v) is 8.00. The van der Waals surface area contributed by atoms with Crippen molar-refractivity contribution in [1.82, 2.24) is 14.9 Å². The monoisotopic (exact) mass is 435 g/mol. The van der Waals surface area contributed by atoms with Gasteiger partial charge in [-0.2, -0.15) is 0 Å². The highest BCUT2D eigenvalue weighted by Gasteiger charge is 2.18. The van der Waals surface area contributed by atoms with Gasteiger partial charge in [0.1, 0.15) is 11.5 Å². The van der Waals surface area contributed by atoms with Crippen molar-refractivity contribution in [2.75, 3.05) is 23.3 Å². The Morgan fingerprint density at radius 2 is 1.84 bits per heavy atom. The Balaban J connectivity index is 1.34. The van der Waals surface area contributed by atoms with E-state index in [1.54, 1.807) is 23.6 Å². The summed E-state index contributed by atoms with van der Waals surface area (Å²) in [5.41, 5.74) is 2.78. The van der Waals surface area contributed by atoms with Crippen molar-refractivity contribution >= 4 is 23.2 Å². The van der Waals surface area contributed by atoms with Gasteiger partial charge >= 0.3 is 0 Å². The topological polar surface area (TPSA) is 79.3 Å². The molecular weight excluding hydrogens is 409 g/mol. The van der Waals surface area contributed by atoms with Crippen LogP contribution in [-0.2, 0) is 4.79 Å². The molecule has 0 radical (unpaired) electrons. The first kappa shape index (κ1) is 21.5. The summed E-state index contributed by atoms with van der Waals surface area (Å²) in [7, 11) is 0. The predicted molar refractivity (Wildman–Crippen MR) is 122 cm³/mol. The summed E-state index contributed by atoms with van der Waals surface area (Å²) in [6.07, 6.45) is 5.44. The van der Waals surface area contributed by atoms with Gasteiger partial charge in [0.15, 0.2) is 0 Å². The molecule has 2 aromatic carbocycles. The molecule has 4 rings (SSSR count). The van der Waals surface area contributed by atoms with Gasteiger partial charge < -0.3 is 15.5 Å². The normalized spacial score (nSPS) is 14.2. The minimum absolute atomic E-state index is 0.129. The average Bonchev–Trinajstić information content (AvgIpc) is 3.47. The van der Waals surface area contributed by atoms with E-state index in [1.807, 2.05) is 24.3 Å². The Labute approximate surface area is 186 Å². The molecule has 1 atom stereocenters. The minimum atomic E-state index is -0.388. The number of benzene rings is 2. The third kappa shape index (κ3) is 5.14. The van der Waals surface area contributed by atoms with Crippen LogP contribution in [0.2, 0.25) is 0 Å². The maximum Gasteiger partial charge on any atom is 0.270 e. The van der Waals surface area contributed by atoms with Crippen LogP contribution in [0.4, 0.5) is 15.8 Å². The molecule has 1 fully saturated rings. The average molecular weight is 436 g/mol. The molecule has 7 nitrogen and oxygen atoms in total. The van der Waals surface area contributed by atoms with Crippen LogP contribution >= 0.6 is 0 Å². The number of nitrogens with zero attached hydrogens (tertiary/aromatic N) is 3. The Morgan fingerprint density at radius 1 is 1.09 bits per heavy atom. The number of rotatable bonds is 7. The van der Waals surface area contributed by atoms with E-state index in [1.165, 1.54) is 37.5 Å². The van der Waals surface area contributed by atoms with Gasteiger partial charge in [-0.3, -0.25) is 14.2 Å². The second-order valence-electron chi connectivity index (χ2n) is 8.00. The maximum atomic E-state index is 13.2. The fourth-order valence-corrected chi connectivity index (χ4v) is 3.87. The molecule has 0 spiro atoms.